The molecule has 0 amide bonds. The van der Waals surface area contributed by atoms with Crippen molar-refractivity contribution in [2.75, 3.05) is 52.7 Å². The molecule has 160 valence electrons. The van der Waals surface area contributed by atoms with Crippen molar-refractivity contribution in [3.8, 4) is 11.5 Å². The van der Waals surface area contributed by atoms with Crippen molar-refractivity contribution in [2.45, 2.75) is 12.2 Å². The molecular weight excluding hydrogens is 386 g/mol. The molecule has 0 unspecified atom stereocenters. The number of morpholine rings is 1. The van der Waals surface area contributed by atoms with Gasteiger partial charge in [-0.2, -0.15) is 0 Å². The maximum Gasteiger partial charge on any atom is 0.351 e. The minimum Gasteiger partial charge on any atom is -0.477 e. The fourth-order valence-corrected chi connectivity index (χ4v) is 3.50. The van der Waals surface area contributed by atoms with Gasteiger partial charge in [0.2, 0.25) is 6.10 Å². The van der Waals surface area contributed by atoms with Gasteiger partial charge in [-0.3, -0.25) is 4.90 Å². The number of rotatable bonds is 8. The molecule has 0 spiro atoms. The van der Waals surface area contributed by atoms with E-state index in [0.29, 0.717) is 24.7 Å². The Kier molecular flexibility index (Phi) is 7.18. The molecule has 2 aromatic carbocycles. The number of esters is 1. The molecule has 0 radical (unpaired) electrons. The largest absolute Gasteiger partial charge is 0.477 e. The minimum atomic E-state index is -0.879. The van der Waals surface area contributed by atoms with Crippen molar-refractivity contribution < 1.29 is 28.5 Å². The number of nitrogens with zero attached hydrogens (tertiary/aromatic N) is 1. The van der Waals surface area contributed by atoms with E-state index >= 15 is 0 Å². The summed E-state index contributed by atoms with van der Waals surface area (Å²) in [5, 5.41) is 0. The third kappa shape index (κ3) is 5.30. The van der Waals surface area contributed by atoms with Gasteiger partial charge in [0, 0.05) is 19.6 Å². The summed E-state index contributed by atoms with van der Waals surface area (Å²) < 4.78 is 28.4. The van der Waals surface area contributed by atoms with Gasteiger partial charge in [-0.15, -0.1) is 0 Å². The Hall–Kier alpha value is -2.61. The SMILES string of the molecule is O=C(OCCOCCN1CCOCC1)[C@@H]1Oc2ccccc2O[C@H]1c1ccccc1. The van der Waals surface area contributed by atoms with Crippen LogP contribution in [0.3, 0.4) is 0 Å². The predicted octanol–water partition coefficient (Wildman–Crippen LogP) is 2.46. The van der Waals surface area contributed by atoms with E-state index in [9.17, 15) is 4.79 Å². The lowest BCUT2D eigenvalue weighted by Crippen LogP contribution is -2.41. The average molecular weight is 413 g/mol. The van der Waals surface area contributed by atoms with Crippen molar-refractivity contribution in [1.29, 1.82) is 0 Å². The molecule has 2 aliphatic rings. The second-order valence-corrected chi connectivity index (χ2v) is 7.17. The molecule has 7 nitrogen and oxygen atoms in total. The second-order valence-electron chi connectivity index (χ2n) is 7.17. The number of para-hydroxylation sites is 2. The number of benzene rings is 2. The third-order valence-electron chi connectivity index (χ3n) is 5.12. The van der Waals surface area contributed by atoms with Crippen molar-refractivity contribution >= 4 is 5.97 Å². The van der Waals surface area contributed by atoms with Crippen LogP contribution >= 0.6 is 0 Å². The molecule has 2 aromatic rings. The summed E-state index contributed by atoms with van der Waals surface area (Å²) in [7, 11) is 0. The monoisotopic (exact) mass is 413 g/mol. The van der Waals surface area contributed by atoms with E-state index in [-0.39, 0.29) is 6.61 Å². The van der Waals surface area contributed by atoms with E-state index in [4.69, 9.17) is 23.7 Å². The molecule has 7 heteroatoms. The first-order valence-electron chi connectivity index (χ1n) is 10.3. The summed E-state index contributed by atoms with van der Waals surface area (Å²) >= 11 is 0. The van der Waals surface area contributed by atoms with Gasteiger partial charge < -0.3 is 23.7 Å². The van der Waals surface area contributed by atoms with Gasteiger partial charge >= 0.3 is 5.97 Å². The highest BCUT2D eigenvalue weighted by molar-refractivity contribution is 5.77. The van der Waals surface area contributed by atoms with Gasteiger partial charge in [0.1, 0.15) is 6.61 Å². The molecule has 30 heavy (non-hydrogen) atoms. The second kappa shape index (κ2) is 10.4. The first-order chi connectivity index (χ1) is 14.8. The summed E-state index contributed by atoms with van der Waals surface area (Å²) in [6, 6.07) is 16.9. The fourth-order valence-electron chi connectivity index (χ4n) is 3.50. The number of carbonyl (C=O) groups is 1. The molecule has 2 atom stereocenters. The van der Waals surface area contributed by atoms with E-state index in [1.165, 1.54) is 0 Å². The third-order valence-corrected chi connectivity index (χ3v) is 5.12. The van der Waals surface area contributed by atoms with E-state index in [2.05, 4.69) is 4.90 Å². The standard InChI is InChI=1S/C23H27NO6/c25-23(28-17-16-27-15-12-24-10-13-26-14-11-24)22-21(18-6-2-1-3-7-18)29-19-8-4-5-9-20(19)30-22/h1-9,21-22H,10-17H2/t21-,22+/m0/s1. The number of fused-ring (bicyclic) bond motifs is 1. The molecule has 1 saturated heterocycles. The molecule has 0 aliphatic carbocycles. The van der Waals surface area contributed by atoms with Crippen LogP contribution in [0.25, 0.3) is 0 Å². The summed E-state index contributed by atoms with van der Waals surface area (Å²) in [6.07, 6.45) is -1.45. The van der Waals surface area contributed by atoms with Crippen molar-refractivity contribution in [3.63, 3.8) is 0 Å². The number of ether oxygens (including phenoxy) is 5. The Morgan fingerprint density at radius 1 is 0.900 bits per heavy atom. The highest BCUT2D eigenvalue weighted by atomic mass is 16.6. The van der Waals surface area contributed by atoms with Crippen LogP contribution in [-0.2, 0) is 19.0 Å². The molecule has 0 bridgehead atoms. The summed E-state index contributed by atoms with van der Waals surface area (Å²) in [5.74, 6) is 0.686. The zero-order valence-corrected chi connectivity index (χ0v) is 16.9. The Labute approximate surface area is 176 Å². The Morgan fingerprint density at radius 3 is 2.37 bits per heavy atom. The van der Waals surface area contributed by atoms with Gasteiger partial charge in [0.25, 0.3) is 0 Å². The summed E-state index contributed by atoms with van der Waals surface area (Å²) in [6.45, 7) is 5.37. The normalized spacial score (nSPS) is 21.2. The van der Waals surface area contributed by atoms with E-state index in [1.54, 1.807) is 6.07 Å². The molecular formula is C23H27NO6. The van der Waals surface area contributed by atoms with Gasteiger partial charge in [-0.05, 0) is 17.7 Å². The molecule has 0 saturated carbocycles. The van der Waals surface area contributed by atoms with Crippen LogP contribution < -0.4 is 9.47 Å². The van der Waals surface area contributed by atoms with Crippen LogP contribution in [0.2, 0.25) is 0 Å². The smallest absolute Gasteiger partial charge is 0.351 e. The van der Waals surface area contributed by atoms with Crippen LogP contribution in [0.1, 0.15) is 11.7 Å². The van der Waals surface area contributed by atoms with Crippen molar-refractivity contribution in [1.82, 2.24) is 4.90 Å². The number of hydrogen-bond donors (Lipinski definition) is 0. The zero-order chi connectivity index (χ0) is 20.6. The Morgan fingerprint density at radius 2 is 1.60 bits per heavy atom. The lowest BCUT2D eigenvalue weighted by atomic mass is 10.0. The van der Waals surface area contributed by atoms with Crippen molar-refractivity contribution in [3.05, 3.63) is 60.2 Å². The topological polar surface area (TPSA) is 66.5 Å². The lowest BCUT2D eigenvalue weighted by molar-refractivity contribution is -0.160. The van der Waals surface area contributed by atoms with Gasteiger partial charge in [0.05, 0.1) is 26.4 Å². The highest BCUT2D eigenvalue weighted by Gasteiger charge is 2.39. The summed E-state index contributed by atoms with van der Waals surface area (Å²) in [5.41, 5.74) is 0.857. The van der Waals surface area contributed by atoms with Crippen LogP contribution in [0.15, 0.2) is 54.6 Å². The maximum atomic E-state index is 12.8. The van der Waals surface area contributed by atoms with E-state index in [0.717, 1.165) is 38.4 Å². The number of hydrogen-bond acceptors (Lipinski definition) is 7. The highest BCUT2D eigenvalue weighted by Crippen LogP contribution is 2.39. The Balaban J connectivity index is 1.28. The van der Waals surface area contributed by atoms with Gasteiger partial charge in [0.15, 0.2) is 17.6 Å². The molecule has 2 aliphatic heterocycles. The van der Waals surface area contributed by atoms with Gasteiger partial charge in [-0.1, -0.05) is 42.5 Å². The minimum absolute atomic E-state index is 0.172. The average Bonchev–Trinajstić information content (AvgIpc) is 2.81. The summed E-state index contributed by atoms with van der Waals surface area (Å²) in [4.78, 5) is 15.1. The quantitative estimate of drug-likeness (QED) is 0.486. The molecule has 0 N–H and O–H groups in total. The number of carbonyl (C=O) groups excluding carboxylic acids is 1. The molecule has 4 rings (SSSR count). The van der Waals surface area contributed by atoms with E-state index in [1.807, 2.05) is 48.5 Å². The van der Waals surface area contributed by atoms with Crippen LogP contribution in [0.5, 0.6) is 11.5 Å². The van der Waals surface area contributed by atoms with Gasteiger partial charge in [-0.25, -0.2) is 4.79 Å². The van der Waals surface area contributed by atoms with Crippen LogP contribution in [0.4, 0.5) is 0 Å². The first kappa shape index (κ1) is 20.7. The molecule has 0 aromatic heterocycles. The fraction of sp³-hybridized carbons (Fsp3) is 0.435. The zero-order valence-electron chi connectivity index (χ0n) is 16.9. The predicted molar refractivity (Wildman–Crippen MR) is 110 cm³/mol. The maximum absolute atomic E-state index is 12.8. The van der Waals surface area contributed by atoms with Crippen LogP contribution in [-0.4, -0.2) is 69.6 Å². The molecule has 2 heterocycles. The molecule has 1 fully saturated rings. The van der Waals surface area contributed by atoms with E-state index < -0.39 is 18.2 Å². The lowest BCUT2D eigenvalue weighted by Gasteiger charge is -2.32. The van der Waals surface area contributed by atoms with Crippen LogP contribution in [0, 0.1) is 0 Å². The van der Waals surface area contributed by atoms with Crippen molar-refractivity contribution in [2.24, 2.45) is 0 Å². The first-order valence-corrected chi connectivity index (χ1v) is 10.3. The Bertz CT molecular complexity index is 808.